The van der Waals surface area contributed by atoms with Crippen LogP contribution in [0.1, 0.15) is 23.2 Å². The van der Waals surface area contributed by atoms with E-state index in [-0.39, 0.29) is 12.3 Å². The quantitative estimate of drug-likeness (QED) is 0.828. The average molecular weight is 326 g/mol. The molecule has 1 aliphatic rings. The lowest BCUT2D eigenvalue weighted by atomic mass is 10.2. The zero-order chi connectivity index (χ0) is 16.2. The first-order valence-electron chi connectivity index (χ1n) is 6.88. The van der Waals surface area contributed by atoms with E-state index in [1.54, 1.807) is 18.2 Å². The third-order valence-corrected chi connectivity index (χ3v) is 5.24. The van der Waals surface area contributed by atoms with Crippen molar-refractivity contribution in [2.45, 2.75) is 12.8 Å². The minimum Gasteiger partial charge on any atom is -0.465 e. The molecule has 1 amide bonds. The van der Waals surface area contributed by atoms with Crippen molar-refractivity contribution in [1.29, 1.82) is 0 Å². The maximum atomic E-state index is 12.0. The standard InChI is InChI=1S/C14H18N2O5S/c1-21-14(18)11-5-4-6-12(9-11)15-13(17)10-16-7-2-3-8-22(16,19)20/h4-6,9H,2-3,7-8,10H2,1H3,(H,15,17). The highest BCUT2D eigenvalue weighted by molar-refractivity contribution is 7.89. The van der Waals surface area contributed by atoms with E-state index in [1.165, 1.54) is 17.5 Å². The summed E-state index contributed by atoms with van der Waals surface area (Å²) in [7, 11) is -2.07. The number of sulfonamides is 1. The third-order valence-electron chi connectivity index (χ3n) is 3.34. The summed E-state index contributed by atoms with van der Waals surface area (Å²) in [4.78, 5) is 23.4. The van der Waals surface area contributed by atoms with Gasteiger partial charge in [0.1, 0.15) is 0 Å². The fourth-order valence-corrected chi connectivity index (χ4v) is 3.77. The summed E-state index contributed by atoms with van der Waals surface area (Å²) in [6.45, 7) is 0.142. The Hall–Kier alpha value is -1.93. The van der Waals surface area contributed by atoms with Crippen LogP contribution in [0.25, 0.3) is 0 Å². The number of ether oxygens (including phenoxy) is 1. The first-order chi connectivity index (χ1) is 10.4. The maximum Gasteiger partial charge on any atom is 0.337 e. The lowest BCUT2D eigenvalue weighted by Crippen LogP contribution is -2.42. The number of carbonyl (C=O) groups excluding carboxylic acids is 2. The van der Waals surface area contributed by atoms with Crippen LogP contribution in [0.5, 0.6) is 0 Å². The molecule has 0 saturated carbocycles. The molecule has 1 aromatic rings. The summed E-state index contributed by atoms with van der Waals surface area (Å²) in [6.07, 6.45) is 1.38. The molecule has 1 aliphatic heterocycles. The summed E-state index contributed by atoms with van der Waals surface area (Å²) in [5.74, 6) is -0.861. The van der Waals surface area contributed by atoms with Crippen LogP contribution in [0, 0.1) is 0 Å². The van der Waals surface area contributed by atoms with Gasteiger partial charge in [0.25, 0.3) is 0 Å². The van der Waals surface area contributed by atoms with Crippen molar-refractivity contribution in [3.05, 3.63) is 29.8 Å². The Kier molecular flexibility index (Phi) is 5.15. The molecule has 0 aromatic heterocycles. The fourth-order valence-electron chi connectivity index (χ4n) is 2.22. The van der Waals surface area contributed by atoms with Gasteiger partial charge in [-0.15, -0.1) is 0 Å². The molecule has 1 heterocycles. The van der Waals surface area contributed by atoms with Gasteiger partial charge in [-0.1, -0.05) is 6.07 Å². The van der Waals surface area contributed by atoms with E-state index in [9.17, 15) is 18.0 Å². The van der Waals surface area contributed by atoms with Crippen LogP contribution in [-0.4, -0.2) is 50.6 Å². The SMILES string of the molecule is COC(=O)c1cccc(NC(=O)CN2CCCCS2(=O)=O)c1. The predicted molar refractivity (Wildman–Crippen MR) is 81.0 cm³/mol. The van der Waals surface area contributed by atoms with Gasteiger partial charge in [-0.25, -0.2) is 13.2 Å². The molecule has 22 heavy (non-hydrogen) atoms. The minimum atomic E-state index is -3.34. The van der Waals surface area contributed by atoms with Crippen LogP contribution >= 0.6 is 0 Å². The second-order valence-corrected chi connectivity index (χ2v) is 7.07. The highest BCUT2D eigenvalue weighted by atomic mass is 32.2. The van der Waals surface area contributed by atoms with Crippen molar-refractivity contribution in [3.8, 4) is 0 Å². The van der Waals surface area contributed by atoms with E-state index in [1.807, 2.05) is 0 Å². The number of hydrogen-bond donors (Lipinski definition) is 1. The Morgan fingerprint density at radius 1 is 1.32 bits per heavy atom. The van der Waals surface area contributed by atoms with E-state index >= 15 is 0 Å². The minimum absolute atomic E-state index is 0.0815. The number of esters is 1. The highest BCUT2D eigenvalue weighted by Crippen LogP contribution is 2.15. The summed E-state index contributed by atoms with van der Waals surface area (Å²) in [6, 6.07) is 6.28. The first kappa shape index (κ1) is 16.4. The van der Waals surface area contributed by atoms with Crippen LogP contribution in [0.15, 0.2) is 24.3 Å². The largest absolute Gasteiger partial charge is 0.465 e. The van der Waals surface area contributed by atoms with Gasteiger partial charge < -0.3 is 10.1 Å². The van der Waals surface area contributed by atoms with Crippen LogP contribution in [-0.2, 0) is 19.6 Å². The molecule has 0 unspecified atom stereocenters. The number of rotatable bonds is 4. The zero-order valence-electron chi connectivity index (χ0n) is 12.2. The van der Waals surface area contributed by atoms with Gasteiger partial charge >= 0.3 is 5.97 Å². The molecule has 0 atom stereocenters. The van der Waals surface area contributed by atoms with Crippen LogP contribution < -0.4 is 5.32 Å². The van der Waals surface area contributed by atoms with Crippen molar-refractivity contribution in [1.82, 2.24) is 4.31 Å². The average Bonchev–Trinajstić information content (AvgIpc) is 2.48. The highest BCUT2D eigenvalue weighted by Gasteiger charge is 2.27. The molecule has 0 radical (unpaired) electrons. The Labute approximate surface area is 129 Å². The monoisotopic (exact) mass is 326 g/mol. The Bertz CT molecular complexity index is 672. The van der Waals surface area contributed by atoms with Crippen LogP contribution in [0.2, 0.25) is 0 Å². The molecule has 0 aliphatic carbocycles. The maximum absolute atomic E-state index is 12.0. The van der Waals surface area contributed by atoms with Crippen molar-refractivity contribution in [2.75, 3.05) is 31.3 Å². The molecule has 1 fully saturated rings. The topological polar surface area (TPSA) is 92.8 Å². The normalized spacial score (nSPS) is 17.7. The van der Waals surface area contributed by atoms with Gasteiger partial charge in [-0.3, -0.25) is 4.79 Å². The van der Waals surface area contributed by atoms with Gasteiger partial charge in [0.05, 0.1) is 25.0 Å². The summed E-state index contributed by atoms with van der Waals surface area (Å²) in [5.41, 5.74) is 0.730. The predicted octanol–water partition coefficient (Wildman–Crippen LogP) is 0.837. The fraction of sp³-hybridized carbons (Fsp3) is 0.429. The number of anilines is 1. The molecular weight excluding hydrogens is 308 g/mol. The summed E-state index contributed by atoms with van der Waals surface area (Å²) < 4.78 is 29.5. The summed E-state index contributed by atoms with van der Waals surface area (Å²) >= 11 is 0. The smallest absolute Gasteiger partial charge is 0.337 e. The van der Waals surface area contributed by atoms with Crippen molar-refractivity contribution >= 4 is 27.6 Å². The lowest BCUT2D eigenvalue weighted by Gasteiger charge is -2.25. The third kappa shape index (κ3) is 4.05. The lowest BCUT2D eigenvalue weighted by molar-refractivity contribution is -0.116. The molecule has 7 nitrogen and oxygen atoms in total. The Balaban J connectivity index is 2.01. The van der Waals surface area contributed by atoms with Gasteiger partial charge in [-0.05, 0) is 31.0 Å². The van der Waals surface area contributed by atoms with E-state index < -0.39 is 21.9 Å². The van der Waals surface area contributed by atoms with Crippen LogP contribution in [0.4, 0.5) is 5.69 Å². The molecule has 0 spiro atoms. The van der Waals surface area contributed by atoms with Crippen molar-refractivity contribution in [3.63, 3.8) is 0 Å². The number of hydrogen-bond acceptors (Lipinski definition) is 5. The van der Waals surface area contributed by atoms with E-state index in [2.05, 4.69) is 10.1 Å². The zero-order valence-corrected chi connectivity index (χ0v) is 13.1. The molecule has 1 N–H and O–H groups in total. The number of amides is 1. The summed E-state index contributed by atoms with van der Waals surface area (Å²) in [5, 5.41) is 2.59. The number of carbonyl (C=O) groups is 2. The Morgan fingerprint density at radius 2 is 2.09 bits per heavy atom. The van der Waals surface area contributed by atoms with Gasteiger partial charge in [-0.2, -0.15) is 4.31 Å². The molecule has 120 valence electrons. The van der Waals surface area contributed by atoms with Gasteiger partial charge in [0.15, 0.2) is 0 Å². The van der Waals surface area contributed by atoms with Gasteiger partial charge in [0, 0.05) is 12.2 Å². The number of nitrogens with one attached hydrogen (secondary N) is 1. The van der Waals surface area contributed by atoms with Crippen LogP contribution in [0.3, 0.4) is 0 Å². The second-order valence-electron chi connectivity index (χ2n) is 4.98. The van der Waals surface area contributed by atoms with E-state index in [4.69, 9.17) is 0 Å². The molecule has 1 aromatic carbocycles. The molecule has 0 bridgehead atoms. The van der Waals surface area contributed by atoms with Crippen molar-refractivity contribution in [2.24, 2.45) is 0 Å². The number of methoxy groups -OCH3 is 1. The second kappa shape index (κ2) is 6.89. The Morgan fingerprint density at radius 3 is 2.77 bits per heavy atom. The number of nitrogens with zero attached hydrogens (tertiary/aromatic N) is 1. The van der Waals surface area contributed by atoms with Crippen molar-refractivity contribution < 1.29 is 22.7 Å². The molecular formula is C14H18N2O5S. The molecule has 8 heteroatoms. The molecule has 2 rings (SSSR count). The van der Waals surface area contributed by atoms with E-state index in [0.29, 0.717) is 24.2 Å². The van der Waals surface area contributed by atoms with Gasteiger partial charge in [0.2, 0.25) is 15.9 Å². The first-order valence-corrected chi connectivity index (χ1v) is 8.49. The number of benzene rings is 1. The van der Waals surface area contributed by atoms with E-state index in [0.717, 1.165) is 6.42 Å². The molecule has 1 saturated heterocycles.